The second-order valence-corrected chi connectivity index (χ2v) is 5.72. The third kappa shape index (κ3) is 2.17. The second-order valence-electron chi connectivity index (χ2n) is 5.72. The fraction of sp³-hybridized carbons (Fsp3) is 0.733. The SMILES string of the molecule is CCc1c(NC)ncnc1N1CCC2CCCCC21. The van der Waals surface area contributed by atoms with E-state index in [1.807, 2.05) is 7.05 Å². The van der Waals surface area contributed by atoms with E-state index in [1.54, 1.807) is 6.33 Å². The third-order valence-corrected chi connectivity index (χ3v) is 4.80. The van der Waals surface area contributed by atoms with Crippen molar-refractivity contribution < 1.29 is 0 Å². The van der Waals surface area contributed by atoms with E-state index in [4.69, 9.17) is 0 Å². The summed E-state index contributed by atoms with van der Waals surface area (Å²) in [6.45, 7) is 3.36. The molecule has 2 unspecified atom stereocenters. The lowest BCUT2D eigenvalue weighted by atomic mass is 9.85. The molecule has 1 saturated heterocycles. The molecule has 0 aromatic carbocycles. The van der Waals surface area contributed by atoms with Crippen LogP contribution >= 0.6 is 0 Å². The highest BCUT2D eigenvalue weighted by Crippen LogP contribution is 2.39. The minimum atomic E-state index is 0.721. The molecule has 2 atom stereocenters. The zero-order valence-electron chi connectivity index (χ0n) is 12.0. The van der Waals surface area contributed by atoms with Gasteiger partial charge in [-0.25, -0.2) is 9.97 Å². The summed E-state index contributed by atoms with van der Waals surface area (Å²) in [6.07, 6.45) is 9.58. The maximum Gasteiger partial charge on any atom is 0.137 e. The number of hydrogen-bond acceptors (Lipinski definition) is 4. The van der Waals surface area contributed by atoms with Crippen LogP contribution in [0.5, 0.6) is 0 Å². The molecule has 0 amide bonds. The topological polar surface area (TPSA) is 41.1 Å². The number of nitrogens with one attached hydrogen (secondary N) is 1. The van der Waals surface area contributed by atoms with Crippen LogP contribution in [-0.2, 0) is 6.42 Å². The standard InChI is InChI=1S/C15H24N4/c1-3-12-14(16-2)17-10-18-15(12)19-9-8-11-6-4-5-7-13(11)19/h10-11,13H,3-9H2,1-2H3,(H,16,17,18). The average molecular weight is 260 g/mol. The summed E-state index contributed by atoms with van der Waals surface area (Å²) in [4.78, 5) is 11.5. The molecule has 3 rings (SSSR count). The first-order chi connectivity index (χ1) is 9.35. The Morgan fingerprint density at radius 2 is 2.11 bits per heavy atom. The molecule has 104 valence electrons. The minimum Gasteiger partial charge on any atom is -0.373 e. The number of aromatic nitrogens is 2. The van der Waals surface area contributed by atoms with Gasteiger partial charge in [-0.05, 0) is 31.6 Å². The lowest BCUT2D eigenvalue weighted by molar-refractivity contribution is 0.341. The van der Waals surface area contributed by atoms with Crippen molar-refractivity contribution >= 4 is 11.6 Å². The van der Waals surface area contributed by atoms with E-state index in [0.29, 0.717) is 0 Å². The van der Waals surface area contributed by atoms with E-state index in [-0.39, 0.29) is 0 Å². The Morgan fingerprint density at radius 1 is 1.26 bits per heavy atom. The first-order valence-electron chi connectivity index (χ1n) is 7.63. The van der Waals surface area contributed by atoms with Crippen molar-refractivity contribution in [1.82, 2.24) is 9.97 Å². The number of nitrogens with zero attached hydrogens (tertiary/aromatic N) is 3. The molecule has 1 N–H and O–H groups in total. The predicted octanol–water partition coefficient (Wildman–Crippen LogP) is 2.85. The van der Waals surface area contributed by atoms with Gasteiger partial charge in [-0.15, -0.1) is 0 Å². The van der Waals surface area contributed by atoms with E-state index < -0.39 is 0 Å². The summed E-state index contributed by atoms with van der Waals surface area (Å²) < 4.78 is 0. The van der Waals surface area contributed by atoms with Gasteiger partial charge < -0.3 is 10.2 Å². The number of anilines is 2. The fourth-order valence-electron chi connectivity index (χ4n) is 3.86. The van der Waals surface area contributed by atoms with Crippen molar-refractivity contribution in [3.8, 4) is 0 Å². The molecular formula is C15H24N4. The lowest BCUT2D eigenvalue weighted by Crippen LogP contribution is -2.36. The highest BCUT2D eigenvalue weighted by atomic mass is 15.2. The highest BCUT2D eigenvalue weighted by Gasteiger charge is 2.37. The van der Waals surface area contributed by atoms with E-state index >= 15 is 0 Å². The molecule has 0 radical (unpaired) electrons. The summed E-state index contributed by atoms with van der Waals surface area (Å²) in [6, 6.07) is 0.721. The molecule has 0 spiro atoms. The van der Waals surface area contributed by atoms with Crippen LogP contribution in [0.15, 0.2) is 6.33 Å². The Hall–Kier alpha value is -1.32. The van der Waals surface area contributed by atoms with E-state index in [0.717, 1.165) is 24.2 Å². The van der Waals surface area contributed by atoms with Gasteiger partial charge in [0.2, 0.25) is 0 Å². The van der Waals surface area contributed by atoms with Crippen LogP contribution < -0.4 is 10.2 Å². The van der Waals surface area contributed by atoms with Gasteiger partial charge in [0.05, 0.1) is 0 Å². The molecule has 1 aliphatic heterocycles. The van der Waals surface area contributed by atoms with Crippen molar-refractivity contribution in [2.24, 2.45) is 5.92 Å². The molecule has 1 aromatic heterocycles. The molecule has 1 aliphatic carbocycles. The number of rotatable bonds is 3. The van der Waals surface area contributed by atoms with Crippen molar-refractivity contribution in [3.05, 3.63) is 11.9 Å². The monoisotopic (exact) mass is 260 g/mol. The zero-order valence-corrected chi connectivity index (χ0v) is 12.0. The van der Waals surface area contributed by atoms with Crippen LogP contribution in [0.2, 0.25) is 0 Å². The molecule has 1 saturated carbocycles. The maximum absolute atomic E-state index is 4.61. The molecule has 2 fully saturated rings. The van der Waals surface area contributed by atoms with Gasteiger partial charge in [0.25, 0.3) is 0 Å². The van der Waals surface area contributed by atoms with Gasteiger partial charge in [-0.2, -0.15) is 0 Å². The quantitative estimate of drug-likeness (QED) is 0.907. The predicted molar refractivity (Wildman–Crippen MR) is 78.7 cm³/mol. The fourth-order valence-corrected chi connectivity index (χ4v) is 3.86. The number of fused-ring (bicyclic) bond motifs is 1. The van der Waals surface area contributed by atoms with Crippen molar-refractivity contribution in [2.75, 3.05) is 23.8 Å². The zero-order chi connectivity index (χ0) is 13.2. The average Bonchev–Trinajstić information content (AvgIpc) is 2.90. The Morgan fingerprint density at radius 3 is 2.89 bits per heavy atom. The Kier molecular flexibility index (Phi) is 3.58. The van der Waals surface area contributed by atoms with Crippen molar-refractivity contribution in [1.29, 1.82) is 0 Å². The van der Waals surface area contributed by atoms with Gasteiger partial charge in [0.15, 0.2) is 0 Å². The van der Waals surface area contributed by atoms with Crippen LogP contribution in [0.25, 0.3) is 0 Å². The molecule has 4 nitrogen and oxygen atoms in total. The van der Waals surface area contributed by atoms with Crippen LogP contribution in [0.4, 0.5) is 11.6 Å². The van der Waals surface area contributed by atoms with Crippen LogP contribution in [0.1, 0.15) is 44.6 Å². The molecule has 2 aliphatic rings. The minimum absolute atomic E-state index is 0.721. The largest absolute Gasteiger partial charge is 0.373 e. The third-order valence-electron chi connectivity index (χ3n) is 4.80. The molecule has 1 aromatic rings. The van der Waals surface area contributed by atoms with Crippen molar-refractivity contribution in [3.63, 3.8) is 0 Å². The van der Waals surface area contributed by atoms with Crippen molar-refractivity contribution in [2.45, 2.75) is 51.5 Å². The Bertz CT molecular complexity index is 446. The van der Waals surface area contributed by atoms with Gasteiger partial charge in [-0.1, -0.05) is 19.8 Å². The molecule has 4 heteroatoms. The first kappa shape index (κ1) is 12.7. The number of hydrogen-bond donors (Lipinski definition) is 1. The van der Waals surface area contributed by atoms with Crippen LogP contribution in [-0.4, -0.2) is 29.6 Å². The summed E-state index contributed by atoms with van der Waals surface area (Å²) in [5.74, 6) is 3.06. The molecule has 0 bridgehead atoms. The Balaban J connectivity index is 1.93. The normalized spacial score (nSPS) is 26.3. The van der Waals surface area contributed by atoms with E-state index in [1.165, 1.54) is 50.0 Å². The van der Waals surface area contributed by atoms with E-state index in [9.17, 15) is 0 Å². The summed E-state index contributed by atoms with van der Waals surface area (Å²) in [5, 5.41) is 3.20. The first-order valence-corrected chi connectivity index (χ1v) is 7.63. The van der Waals surface area contributed by atoms with Gasteiger partial charge >= 0.3 is 0 Å². The molecular weight excluding hydrogens is 236 g/mol. The van der Waals surface area contributed by atoms with Crippen LogP contribution in [0, 0.1) is 5.92 Å². The lowest BCUT2D eigenvalue weighted by Gasteiger charge is -2.33. The summed E-state index contributed by atoms with van der Waals surface area (Å²) in [7, 11) is 1.94. The smallest absolute Gasteiger partial charge is 0.137 e. The van der Waals surface area contributed by atoms with Crippen LogP contribution in [0.3, 0.4) is 0 Å². The van der Waals surface area contributed by atoms with Gasteiger partial charge in [0.1, 0.15) is 18.0 Å². The second kappa shape index (κ2) is 5.35. The Labute approximate surface area is 115 Å². The summed E-state index contributed by atoms with van der Waals surface area (Å²) in [5.41, 5.74) is 1.27. The molecule has 19 heavy (non-hydrogen) atoms. The highest BCUT2D eigenvalue weighted by molar-refractivity contribution is 5.59. The summed E-state index contributed by atoms with van der Waals surface area (Å²) >= 11 is 0. The van der Waals surface area contributed by atoms with Gasteiger partial charge in [-0.3, -0.25) is 0 Å². The van der Waals surface area contributed by atoms with E-state index in [2.05, 4.69) is 27.1 Å². The maximum atomic E-state index is 4.61. The molecule has 2 heterocycles. The van der Waals surface area contributed by atoms with Gasteiger partial charge in [0, 0.05) is 25.2 Å².